The zero-order valence-electron chi connectivity index (χ0n) is 15.3. The summed E-state index contributed by atoms with van der Waals surface area (Å²) in [5.41, 5.74) is 1.57. The van der Waals surface area contributed by atoms with Gasteiger partial charge >= 0.3 is 0 Å². The number of aryl methyl sites for hydroxylation is 1. The third kappa shape index (κ3) is 3.26. The highest BCUT2D eigenvalue weighted by atomic mass is 32.1. The molecular weight excluding hydrogens is 348 g/mol. The number of carbonyl (C=O) groups is 1. The maximum absolute atomic E-state index is 13.1. The smallest absolute Gasteiger partial charge is 0.274 e. The largest absolute Gasteiger partial charge is 0.337 e. The molecule has 1 fully saturated rings. The van der Waals surface area contributed by atoms with Gasteiger partial charge in [0.15, 0.2) is 10.7 Å². The number of piperidine rings is 1. The molecular formula is C18H24N6OS. The van der Waals surface area contributed by atoms with Gasteiger partial charge in [0.05, 0.1) is 12.2 Å². The molecule has 8 heteroatoms. The number of hydrogen-bond donors (Lipinski definition) is 0. The zero-order valence-corrected chi connectivity index (χ0v) is 16.1. The molecule has 7 nitrogen and oxygen atoms in total. The monoisotopic (exact) mass is 372 g/mol. The number of amides is 1. The summed E-state index contributed by atoms with van der Waals surface area (Å²) >= 11 is 1.57. The zero-order chi connectivity index (χ0) is 18.1. The summed E-state index contributed by atoms with van der Waals surface area (Å²) in [5.74, 6) is 1.07. The van der Waals surface area contributed by atoms with E-state index in [1.54, 1.807) is 11.3 Å². The molecule has 0 N–H and O–H groups in total. The highest BCUT2D eigenvalue weighted by Crippen LogP contribution is 2.22. The van der Waals surface area contributed by atoms with Crippen LogP contribution in [0.1, 0.15) is 41.3 Å². The van der Waals surface area contributed by atoms with E-state index in [2.05, 4.69) is 26.3 Å². The van der Waals surface area contributed by atoms with Crippen molar-refractivity contribution in [1.82, 2.24) is 28.7 Å². The van der Waals surface area contributed by atoms with Gasteiger partial charge in [-0.2, -0.15) is 0 Å². The van der Waals surface area contributed by atoms with Gasteiger partial charge in [-0.25, -0.2) is 9.97 Å². The molecule has 4 heterocycles. The number of carbonyl (C=O) groups excluding carboxylic acids is 1. The number of imidazole rings is 2. The Balaban J connectivity index is 1.59. The van der Waals surface area contributed by atoms with Crippen molar-refractivity contribution in [2.45, 2.75) is 32.4 Å². The van der Waals surface area contributed by atoms with Crippen LogP contribution in [0.4, 0.5) is 0 Å². The summed E-state index contributed by atoms with van der Waals surface area (Å²) in [6.45, 7) is 3.05. The molecule has 0 unspecified atom stereocenters. The Morgan fingerprint density at radius 1 is 1.23 bits per heavy atom. The molecule has 26 heavy (non-hydrogen) atoms. The summed E-state index contributed by atoms with van der Waals surface area (Å²) in [5, 5.41) is 2.01. The lowest BCUT2D eigenvalue weighted by atomic mass is 10.1. The Morgan fingerprint density at radius 2 is 2.04 bits per heavy atom. The van der Waals surface area contributed by atoms with Crippen LogP contribution in [0.3, 0.4) is 0 Å². The van der Waals surface area contributed by atoms with Gasteiger partial charge in [0.2, 0.25) is 0 Å². The Kier molecular flexibility index (Phi) is 4.78. The highest BCUT2D eigenvalue weighted by Gasteiger charge is 2.26. The van der Waals surface area contributed by atoms with Crippen molar-refractivity contribution in [3.05, 3.63) is 41.2 Å². The lowest BCUT2D eigenvalue weighted by molar-refractivity contribution is 0.0716. The second kappa shape index (κ2) is 7.20. The minimum absolute atomic E-state index is 0.0704. The van der Waals surface area contributed by atoms with E-state index >= 15 is 0 Å². The van der Waals surface area contributed by atoms with Crippen molar-refractivity contribution in [3.63, 3.8) is 0 Å². The second-order valence-corrected chi connectivity index (χ2v) is 7.82. The van der Waals surface area contributed by atoms with Crippen molar-refractivity contribution in [3.8, 4) is 0 Å². The summed E-state index contributed by atoms with van der Waals surface area (Å²) in [7, 11) is 4.05. The van der Waals surface area contributed by atoms with E-state index in [0.717, 1.165) is 49.0 Å². The molecule has 0 atom stereocenters. The fraction of sp³-hybridized carbons (Fsp3) is 0.500. The van der Waals surface area contributed by atoms with Gasteiger partial charge in [-0.3, -0.25) is 14.1 Å². The van der Waals surface area contributed by atoms with Crippen LogP contribution in [-0.2, 0) is 20.1 Å². The first-order valence-electron chi connectivity index (χ1n) is 9.02. The van der Waals surface area contributed by atoms with Crippen molar-refractivity contribution in [2.75, 3.05) is 20.1 Å². The van der Waals surface area contributed by atoms with Crippen LogP contribution in [0.15, 0.2) is 24.0 Å². The molecule has 1 saturated heterocycles. The van der Waals surface area contributed by atoms with Crippen LogP contribution in [0.25, 0.3) is 4.96 Å². The number of fused-ring (bicyclic) bond motifs is 1. The normalized spacial score (nSPS) is 15.3. The average Bonchev–Trinajstić information content (AvgIpc) is 3.34. The molecule has 0 saturated carbocycles. The van der Waals surface area contributed by atoms with E-state index in [-0.39, 0.29) is 5.91 Å². The minimum Gasteiger partial charge on any atom is -0.337 e. The Labute approximate surface area is 156 Å². The lowest BCUT2D eigenvalue weighted by Crippen LogP contribution is -2.36. The van der Waals surface area contributed by atoms with Crippen LogP contribution >= 0.6 is 11.3 Å². The van der Waals surface area contributed by atoms with E-state index in [1.165, 1.54) is 6.42 Å². The van der Waals surface area contributed by atoms with E-state index in [4.69, 9.17) is 0 Å². The number of rotatable bonds is 5. The maximum atomic E-state index is 13.1. The molecule has 3 aromatic heterocycles. The summed E-state index contributed by atoms with van der Waals surface area (Å²) in [4.78, 5) is 27.1. The lowest BCUT2D eigenvalue weighted by Gasteiger charge is -2.26. The predicted octanol–water partition coefficient (Wildman–Crippen LogP) is 2.39. The molecule has 1 aliphatic rings. The van der Waals surface area contributed by atoms with Crippen LogP contribution < -0.4 is 0 Å². The van der Waals surface area contributed by atoms with Crippen LogP contribution in [0, 0.1) is 0 Å². The highest BCUT2D eigenvalue weighted by molar-refractivity contribution is 7.15. The van der Waals surface area contributed by atoms with E-state index in [9.17, 15) is 4.79 Å². The number of likely N-dealkylation sites (tertiary alicyclic amines) is 1. The van der Waals surface area contributed by atoms with Crippen molar-refractivity contribution < 1.29 is 4.79 Å². The Morgan fingerprint density at radius 3 is 2.77 bits per heavy atom. The second-order valence-electron chi connectivity index (χ2n) is 6.94. The molecule has 0 radical (unpaired) electrons. The molecule has 0 spiro atoms. The molecule has 0 aromatic carbocycles. The van der Waals surface area contributed by atoms with Crippen LogP contribution in [0.2, 0.25) is 0 Å². The first kappa shape index (κ1) is 17.2. The van der Waals surface area contributed by atoms with Crippen molar-refractivity contribution >= 4 is 22.2 Å². The molecule has 138 valence electrons. The minimum atomic E-state index is 0.0704. The fourth-order valence-corrected chi connectivity index (χ4v) is 4.24. The number of aromatic nitrogens is 4. The van der Waals surface area contributed by atoms with Gasteiger partial charge in [0.25, 0.3) is 5.91 Å². The average molecular weight is 372 g/mol. The maximum Gasteiger partial charge on any atom is 0.274 e. The Bertz CT molecular complexity index is 904. The van der Waals surface area contributed by atoms with Gasteiger partial charge < -0.3 is 9.47 Å². The number of nitrogens with zero attached hydrogens (tertiary/aromatic N) is 6. The third-order valence-corrected chi connectivity index (χ3v) is 5.72. The summed E-state index contributed by atoms with van der Waals surface area (Å²) in [6.07, 6.45) is 9.14. The van der Waals surface area contributed by atoms with Gasteiger partial charge in [0, 0.05) is 50.7 Å². The molecule has 1 aliphatic heterocycles. The number of thiazole rings is 1. The van der Waals surface area contributed by atoms with E-state index in [1.807, 2.05) is 40.5 Å². The molecule has 3 aromatic rings. The fourth-order valence-electron chi connectivity index (χ4n) is 3.50. The SMILES string of the molecule is CN(Cc1nccn1C)Cc1c(C(=O)N2CCCCC2)nc2sccn12. The first-order valence-corrected chi connectivity index (χ1v) is 9.90. The quantitative estimate of drug-likeness (QED) is 0.690. The van der Waals surface area contributed by atoms with E-state index < -0.39 is 0 Å². The van der Waals surface area contributed by atoms with Crippen LogP contribution in [-0.4, -0.2) is 54.8 Å². The third-order valence-electron chi connectivity index (χ3n) is 4.96. The molecule has 0 aliphatic carbocycles. The first-order chi connectivity index (χ1) is 12.6. The molecule has 4 rings (SSSR count). The topological polar surface area (TPSA) is 58.7 Å². The van der Waals surface area contributed by atoms with Crippen LogP contribution in [0.5, 0.6) is 0 Å². The standard InChI is InChI=1S/C18H24N6OS/c1-21(13-15-19-6-9-22(15)2)12-14-16(20-18-24(14)10-11-26-18)17(25)23-7-4-3-5-8-23/h6,9-11H,3-5,7-8,12-13H2,1-2H3. The summed E-state index contributed by atoms with van der Waals surface area (Å²) < 4.78 is 4.07. The van der Waals surface area contributed by atoms with Crippen molar-refractivity contribution in [1.29, 1.82) is 0 Å². The van der Waals surface area contributed by atoms with Gasteiger partial charge in [-0.15, -0.1) is 11.3 Å². The van der Waals surface area contributed by atoms with Gasteiger partial charge in [0.1, 0.15) is 5.82 Å². The Hall–Kier alpha value is -2.19. The number of hydrogen-bond acceptors (Lipinski definition) is 5. The molecule has 0 bridgehead atoms. The predicted molar refractivity (Wildman–Crippen MR) is 101 cm³/mol. The van der Waals surface area contributed by atoms with E-state index in [0.29, 0.717) is 12.2 Å². The van der Waals surface area contributed by atoms with Crippen molar-refractivity contribution in [2.24, 2.45) is 7.05 Å². The van der Waals surface area contributed by atoms with Gasteiger partial charge in [-0.1, -0.05) is 0 Å². The molecule has 1 amide bonds. The summed E-state index contributed by atoms with van der Waals surface area (Å²) in [6, 6.07) is 0. The van der Waals surface area contributed by atoms with Gasteiger partial charge in [-0.05, 0) is 26.3 Å².